The summed E-state index contributed by atoms with van der Waals surface area (Å²) < 4.78 is 10.7. The first-order valence-electron chi connectivity index (χ1n) is 30.1. The number of aliphatic hydroxyl groups excluding tert-OH is 1. The van der Waals surface area contributed by atoms with Gasteiger partial charge in [-0.15, -0.1) is 0 Å². The van der Waals surface area contributed by atoms with Crippen LogP contribution in [0.25, 0.3) is 0 Å². The number of unbranched alkanes of at least 4 members (excludes halogenated alkanes) is 26. The average molecular weight is 998 g/mol. The summed E-state index contributed by atoms with van der Waals surface area (Å²) in [4.78, 5) is 24.5. The highest BCUT2D eigenvalue weighted by atomic mass is 16.6. The molecule has 0 saturated carbocycles. The summed E-state index contributed by atoms with van der Waals surface area (Å²) in [5.41, 5.74) is 0. The maximum Gasteiger partial charge on any atom is 0.306 e. The number of allylic oxidation sites excluding steroid dienone is 20. The van der Waals surface area contributed by atoms with Gasteiger partial charge in [0.1, 0.15) is 6.61 Å². The molecule has 0 radical (unpaired) electrons. The number of hydrogen-bond acceptors (Lipinski definition) is 5. The molecule has 0 heterocycles. The lowest BCUT2D eigenvalue weighted by atomic mass is 10.0. The Balaban J connectivity index is 3.56. The molecule has 0 saturated heterocycles. The largest absolute Gasteiger partial charge is 0.462 e. The summed E-state index contributed by atoms with van der Waals surface area (Å²) in [5, 5.41) is 9.66. The molecule has 0 fully saturated rings. The van der Waals surface area contributed by atoms with Gasteiger partial charge in [0.2, 0.25) is 0 Å². The molecule has 0 spiro atoms. The number of carbonyl (C=O) groups is 2. The van der Waals surface area contributed by atoms with E-state index in [-0.39, 0.29) is 25.2 Å². The van der Waals surface area contributed by atoms with E-state index >= 15 is 0 Å². The molecule has 410 valence electrons. The molecule has 0 aliphatic carbocycles. The molecule has 1 atom stereocenters. The van der Waals surface area contributed by atoms with Crippen LogP contribution in [0.1, 0.15) is 271 Å². The number of esters is 2. The van der Waals surface area contributed by atoms with E-state index in [0.29, 0.717) is 12.8 Å². The number of aliphatic hydroxyl groups is 1. The van der Waals surface area contributed by atoms with Gasteiger partial charge in [-0.3, -0.25) is 9.59 Å². The Labute approximate surface area is 445 Å². The molecule has 0 bridgehead atoms. The smallest absolute Gasteiger partial charge is 0.306 e. The topological polar surface area (TPSA) is 72.8 Å². The van der Waals surface area contributed by atoms with Gasteiger partial charge in [-0.25, -0.2) is 0 Å². The Morgan fingerprint density at radius 2 is 0.597 bits per heavy atom. The lowest BCUT2D eigenvalue weighted by Gasteiger charge is -2.15. The third-order valence-electron chi connectivity index (χ3n) is 12.7. The highest BCUT2D eigenvalue weighted by molar-refractivity contribution is 5.70. The molecule has 0 amide bonds. The van der Waals surface area contributed by atoms with Crippen molar-refractivity contribution in [3.05, 3.63) is 122 Å². The van der Waals surface area contributed by atoms with Crippen molar-refractivity contribution in [3.63, 3.8) is 0 Å². The van der Waals surface area contributed by atoms with E-state index < -0.39 is 6.10 Å². The number of carbonyl (C=O) groups excluding carboxylic acids is 2. The molecule has 0 aliphatic rings. The molecule has 0 aliphatic heterocycles. The molecule has 0 aromatic heterocycles. The third-order valence-corrected chi connectivity index (χ3v) is 12.7. The molecule has 1 N–H and O–H groups in total. The predicted molar refractivity (Wildman–Crippen MR) is 315 cm³/mol. The van der Waals surface area contributed by atoms with Crippen LogP contribution in [0.2, 0.25) is 0 Å². The lowest BCUT2D eigenvalue weighted by Crippen LogP contribution is -2.28. The van der Waals surface area contributed by atoms with Crippen molar-refractivity contribution in [1.29, 1.82) is 0 Å². The maximum atomic E-state index is 12.3. The quantitative estimate of drug-likeness (QED) is 0.0373. The van der Waals surface area contributed by atoms with Crippen molar-refractivity contribution in [2.45, 2.75) is 277 Å². The SMILES string of the molecule is CC/C=C\C/C=C\C/C=C\C/C=C\C/C=C\C/C=C\C/C=C\C/C=C\CCCCC(=O)OC(CO)COC(=O)CCCCCCCCCCCCCCCCCCCCC/C=C\C/C=C\CCCCCCC. The van der Waals surface area contributed by atoms with Gasteiger partial charge in [0.05, 0.1) is 6.61 Å². The predicted octanol–water partition coefficient (Wildman–Crippen LogP) is 20.6. The van der Waals surface area contributed by atoms with E-state index in [1.165, 1.54) is 148 Å². The second-order valence-corrected chi connectivity index (χ2v) is 19.7. The molecular weight excluding hydrogens is 885 g/mol. The fraction of sp³-hybridized carbons (Fsp3) is 0.672. The van der Waals surface area contributed by atoms with E-state index in [2.05, 4.69) is 135 Å². The van der Waals surface area contributed by atoms with Gasteiger partial charge in [-0.05, 0) is 109 Å². The Morgan fingerprint density at radius 1 is 0.333 bits per heavy atom. The molecular formula is C67H112O5. The van der Waals surface area contributed by atoms with Crippen molar-refractivity contribution in [2.75, 3.05) is 13.2 Å². The number of ether oxygens (including phenoxy) is 2. The van der Waals surface area contributed by atoms with Crippen molar-refractivity contribution in [3.8, 4) is 0 Å². The van der Waals surface area contributed by atoms with Gasteiger partial charge in [0.15, 0.2) is 6.10 Å². The Kier molecular flexibility index (Phi) is 58.4. The van der Waals surface area contributed by atoms with Crippen LogP contribution in [0.4, 0.5) is 0 Å². The fourth-order valence-electron chi connectivity index (χ4n) is 8.25. The van der Waals surface area contributed by atoms with Gasteiger partial charge >= 0.3 is 11.9 Å². The van der Waals surface area contributed by atoms with Crippen LogP contribution in [0.15, 0.2) is 122 Å². The Bertz CT molecular complexity index is 1450. The van der Waals surface area contributed by atoms with Gasteiger partial charge in [-0.2, -0.15) is 0 Å². The zero-order chi connectivity index (χ0) is 52.0. The van der Waals surface area contributed by atoms with E-state index in [9.17, 15) is 14.7 Å². The summed E-state index contributed by atoms with van der Waals surface area (Å²) in [6.45, 7) is 3.99. The summed E-state index contributed by atoms with van der Waals surface area (Å²) in [6.07, 6.45) is 90.4. The molecule has 1 unspecified atom stereocenters. The van der Waals surface area contributed by atoms with Crippen molar-refractivity contribution >= 4 is 11.9 Å². The van der Waals surface area contributed by atoms with Gasteiger partial charge in [-0.1, -0.05) is 270 Å². The van der Waals surface area contributed by atoms with E-state index in [1.54, 1.807) is 0 Å². The van der Waals surface area contributed by atoms with Crippen LogP contribution in [-0.4, -0.2) is 36.4 Å². The minimum atomic E-state index is -0.804. The van der Waals surface area contributed by atoms with Gasteiger partial charge < -0.3 is 14.6 Å². The highest BCUT2D eigenvalue weighted by Gasteiger charge is 2.16. The molecule has 0 aromatic carbocycles. The normalized spacial score (nSPS) is 13.1. The number of hydrogen-bond donors (Lipinski definition) is 1. The van der Waals surface area contributed by atoms with Gasteiger partial charge in [0.25, 0.3) is 0 Å². The molecule has 0 aromatic rings. The first kappa shape index (κ1) is 68.3. The molecule has 0 rings (SSSR count). The molecule has 5 nitrogen and oxygen atoms in total. The monoisotopic (exact) mass is 997 g/mol. The minimum absolute atomic E-state index is 0.0890. The zero-order valence-corrected chi connectivity index (χ0v) is 46.9. The standard InChI is InChI=1S/C67H112O5/c1-3-5-7-9-11-13-15-17-19-21-23-25-27-29-31-32-33-34-36-37-39-41-43-45-47-49-51-53-55-57-59-61-66(69)71-64-65(63-68)72-67(70)62-60-58-56-54-52-50-48-46-44-42-40-38-35-30-28-26-24-22-20-18-16-14-12-10-8-6-4-2/h6,8,12,14-15,17-18,20-21,23-24,26,30,35,40,42,46,48,52,54,65,68H,3-5,7,9-11,13,16,19,22,25,27-29,31-34,36-39,41,43-45,47,49-51,53,55-64H2,1-2H3/b8-6-,14-12-,17-15-,20-18-,23-21-,26-24-,35-30-,42-40-,48-46-,54-52-. The van der Waals surface area contributed by atoms with Crippen LogP contribution in [0.5, 0.6) is 0 Å². The Hall–Kier alpha value is -3.70. The van der Waals surface area contributed by atoms with Crippen molar-refractivity contribution in [1.82, 2.24) is 0 Å². The third kappa shape index (κ3) is 58.9. The second-order valence-electron chi connectivity index (χ2n) is 19.7. The molecule has 5 heteroatoms. The summed E-state index contributed by atoms with van der Waals surface area (Å²) in [6, 6.07) is 0. The Morgan fingerprint density at radius 3 is 0.931 bits per heavy atom. The van der Waals surface area contributed by atoms with Crippen LogP contribution < -0.4 is 0 Å². The van der Waals surface area contributed by atoms with E-state index in [0.717, 1.165) is 96.3 Å². The van der Waals surface area contributed by atoms with Crippen molar-refractivity contribution < 1.29 is 24.2 Å². The lowest BCUT2D eigenvalue weighted by molar-refractivity contribution is -0.161. The molecule has 72 heavy (non-hydrogen) atoms. The van der Waals surface area contributed by atoms with Gasteiger partial charge in [0, 0.05) is 12.8 Å². The highest BCUT2D eigenvalue weighted by Crippen LogP contribution is 2.16. The van der Waals surface area contributed by atoms with E-state index in [4.69, 9.17) is 9.47 Å². The summed E-state index contributed by atoms with van der Waals surface area (Å²) >= 11 is 0. The zero-order valence-electron chi connectivity index (χ0n) is 46.9. The first-order chi connectivity index (χ1) is 35.6. The maximum absolute atomic E-state index is 12.3. The first-order valence-corrected chi connectivity index (χ1v) is 30.1. The van der Waals surface area contributed by atoms with Crippen LogP contribution in [0.3, 0.4) is 0 Å². The second kappa shape index (κ2) is 61.6. The summed E-state index contributed by atoms with van der Waals surface area (Å²) in [5.74, 6) is -0.642. The summed E-state index contributed by atoms with van der Waals surface area (Å²) in [7, 11) is 0. The van der Waals surface area contributed by atoms with Crippen LogP contribution in [0, 0.1) is 0 Å². The van der Waals surface area contributed by atoms with Crippen molar-refractivity contribution in [2.24, 2.45) is 0 Å². The van der Waals surface area contributed by atoms with Crippen LogP contribution >= 0.6 is 0 Å². The van der Waals surface area contributed by atoms with Crippen LogP contribution in [-0.2, 0) is 19.1 Å². The number of rotatable bonds is 54. The average Bonchev–Trinajstić information content (AvgIpc) is 3.38. The minimum Gasteiger partial charge on any atom is -0.462 e. The van der Waals surface area contributed by atoms with E-state index in [1.807, 2.05) is 0 Å². The fourth-order valence-corrected chi connectivity index (χ4v) is 8.25.